The molecule has 2 aromatic heterocycles. The lowest BCUT2D eigenvalue weighted by atomic mass is 9.95. The third kappa shape index (κ3) is 3.71. The summed E-state index contributed by atoms with van der Waals surface area (Å²) in [7, 11) is 2.14. The highest BCUT2D eigenvalue weighted by Gasteiger charge is 2.28. The fourth-order valence-corrected chi connectivity index (χ4v) is 4.04. The van der Waals surface area contributed by atoms with E-state index in [-0.39, 0.29) is 0 Å². The molecule has 0 atom stereocenters. The van der Waals surface area contributed by atoms with Crippen LogP contribution in [0.15, 0.2) is 22.8 Å². The molecule has 0 unspecified atom stereocenters. The predicted octanol–water partition coefficient (Wildman–Crippen LogP) is 2.29. The molecular weight excluding hydrogens is 352 g/mol. The summed E-state index contributed by atoms with van der Waals surface area (Å²) in [5.74, 6) is 2.60. The van der Waals surface area contributed by atoms with Gasteiger partial charge in [-0.15, -0.1) is 0 Å². The fourth-order valence-electron chi connectivity index (χ4n) is 4.04. The highest BCUT2D eigenvalue weighted by molar-refractivity contribution is 5.67. The number of hydrogen-bond acceptors (Lipinski definition) is 7. The van der Waals surface area contributed by atoms with Crippen molar-refractivity contribution in [1.29, 1.82) is 5.26 Å². The Bertz CT molecular complexity index is 849. The van der Waals surface area contributed by atoms with Gasteiger partial charge in [-0.25, -0.2) is 4.98 Å². The lowest BCUT2D eigenvalue weighted by Gasteiger charge is -2.36. The Labute approximate surface area is 166 Å². The highest BCUT2D eigenvalue weighted by Crippen LogP contribution is 2.34. The summed E-state index contributed by atoms with van der Waals surface area (Å²) in [5.41, 5.74) is 3.09. The van der Waals surface area contributed by atoms with E-state index in [1.165, 1.54) is 0 Å². The molecule has 2 aromatic rings. The maximum absolute atomic E-state index is 9.98. The van der Waals surface area contributed by atoms with Gasteiger partial charge in [0.25, 0.3) is 0 Å². The van der Waals surface area contributed by atoms with Crippen LogP contribution in [0.5, 0.6) is 0 Å². The van der Waals surface area contributed by atoms with E-state index in [1.807, 2.05) is 12.1 Å². The molecule has 1 N–H and O–H groups in total. The van der Waals surface area contributed by atoms with Gasteiger partial charge in [-0.05, 0) is 37.7 Å². The van der Waals surface area contributed by atoms with Gasteiger partial charge in [0.2, 0.25) is 0 Å². The minimum absolute atomic E-state index is 0.590. The van der Waals surface area contributed by atoms with Crippen molar-refractivity contribution in [2.24, 2.45) is 0 Å². The first-order chi connectivity index (χ1) is 13.7. The molecule has 28 heavy (non-hydrogen) atoms. The Balaban J connectivity index is 1.72. The normalized spacial score (nSPS) is 18.0. The van der Waals surface area contributed by atoms with E-state index in [0.717, 1.165) is 86.3 Å². The van der Waals surface area contributed by atoms with Gasteiger partial charge in [0, 0.05) is 44.8 Å². The SMILES string of the molecule is CCN1CCc2c(C#N)c(N3CCN(C)CC3)nc(NCc3ccco3)c2C1. The van der Waals surface area contributed by atoms with Crippen molar-refractivity contribution < 1.29 is 4.42 Å². The second-order valence-corrected chi connectivity index (χ2v) is 7.57. The predicted molar refractivity (Wildman–Crippen MR) is 109 cm³/mol. The maximum Gasteiger partial charge on any atom is 0.149 e. The third-order valence-electron chi connectivity index (χ3n) is 5.82. The van der Waals surface area contributed by atoms with E-state index >= 15 is 0 Å². The smallest absolute Gasteiger partial charge is 0.149 e. The number of hydrogen-bond donors (Lipinski definition) is 1. The Morgan fingerprint density at radius 2 is 2.04 bits per heavy atom. The highest BCUT2D eigenvalue weighted by atomic mass is 16.3. The lowest BCUT2D eigenvalue weighted by Crippen LogP contribution is -2.45. The topological polar surface area (TPSA) is 71.6 Å². The molecule has 0 spiro atoms. The molecule has 0 aliphatic carbocycles. The lowest BCUT2D eigenvalue weighted by molar-refractivity contribution is 0.268. The molecular formula is C21H28N6O. The maximum atomic E-state index is 9.98. The number of piperazine rings is 1. The van der Waals surface area contributed by atoms with Crippen LogP contribution in [0.2, 0.25) is 0 Å². The summed E-state index contributed by atoms with van der Waals surface area (Å²) in [4.78, 5) is 12.0. The molecule has 4 heterocycles. The van der Waals surface area contributed by atoms with E-state index in [4.69, 9.17) is 9.40 Å². The van der Waals surface area contributed by atoms with Crippen molar-refractivity contribution in [3.05, 3.63) is 40.8 Å². The first-order valence-corrected chi connectivity index (χ1v) is 10.1. The van der Waals surface area contributed by atoms with E-state index in [2.05, 4.69) is 40.1 Å². The second-order valence-electron chi connectivity index (χ2n) is 7.57. The van der Waals surface area contributed by atoms with Crippen LogP contribution in [-0.4, -0.2) is 61.1 Å². The summed E-state index contributed by atoms with van der Waals surface area (Å²) < 4.78 is 5.48. The van der Waals surface area contributed by atoms with E-state index in [0.29, 0.717) is 6.54 Å². The summed E-state index contributed by atoms with van der Waals surface area (Å²) in [6, 6.07) is 6.34. The van der Waals surface area contributed by atoms with Crippen molar-refractivity contribution in [3.8, 4) is 6.07 Å². The molecule has 148 valence electrons. The summed E-state index contributed by atoms with van der Waals surface area (Å²) >= 11 is 0. The van der Waals surface area contributed by atoms with Crippen LogP contribution in [0.4, 0.5) is 11.6 Å². The Morgan fingerprint density at radius 1 is 1.21 bits per heavy atom. The molecule has 2 aliphatic rings. The van der Waals surface area contributed by atoms with Crippen LogP contribution >= 0.6 is 0 Å². The van der Waals surface area contributed by atoms with E-state index in [9.17, 15) is 5.26 Å². The molecule has 1 saturated heterocycles. The standard InChI is InChI=1S/C21H28N6O/c1-3-26-7-6-17-18(13-22)21(27-10-8-25(2)9-11-27)24-20(19(17)15-26)23-14-16-5-4-12-28-16/h4-5,12H,3,6-11,14-15H2,1-2H3,(H,23,24). The van der Waals surface area contributed by atoms with Crippen molar-refractivity contribution in [1.82, 2.24) is 14.8 Å². The van der Waals surface area contributed by atoms with Gasteiger partial charge in [-0.3, -0.25) is 4.90 Å². The largest absolute Gasteiger partial charge is 0.467 e. The van der Waals surface area contributed by atoms with Crippen LogP contribution in [0.1, 0.15) is 29.4 Å². The zero-order chi connectivity index (χ0) is 19.5. The van der Waals surface area contributed by atoms with Gasteiger partial charge in [0.15, 0.2) is 0 Å². The van der Waals surface area contributed by atoms with Gasteiger partial charge >= 0.3 is 0 Å². The minimum Gasteiger partial charge on any atom is -0.467 e. The molecule has 7 heteroatoms. The molecule has 4 rings (SSSR count). The van der Waals surface area contributed by atoms with Crippen molar-refractivity contribution in [2.75, 3.05) is 56.5 Å². The molecule has 0 saturated carbocycles. The van der Waals surface area contributed by atoms with Crippen LogP contribution in [-0.2, 0) is 19.5 Å². The molecule has 0 radical (unpaired) electrons. The first-order valence-electron chi connectivity index (χ1n) is 10.1. The monoisotopic (exact) mass is 380 g/mol. The number of furan rings is 1. The quantitative estimate of drug-likeness (QED) is 0.853. The van der Waals surface area contributed by atoms with Gasteiger partial charge in [0.1, 0.15) is 23.5 Å². The second kappa shape index (κ2) is 8.21. The third-order valence-corrected chi connectivity index (χ3v) is 5.82. The van der Waals surface area contributed by atoms with Crippen molar-refractivity contribution >= 4 is 11.6 Å². The average molecular weight is 380 g/mol. The van der Waals surface area contributed by atoms with Crippen LogP contribution in [0.25, 0.3) is 0 Å². The van der Waals surface area contributed by atoms with Crippen molar-refractivity contribution in [3.63, 3.8) is 0 Å². The number of fused-ring (bicyclic) bond motifs is 1. The molecule has 0 bridgehead atoms. The Kier molecular flexibility index (Phi) is 5.51. The Morgan fingerprint density at radius 3 is 2.71 bits per heavy atom. The van der Waals surface area contributed by atoms with Gasteiger partial charge in [-0.2, -0.15) is 5.26 Å². The number of rotatable bonds is 5. The molecule has 1 fully saturated rings. The Hall–Kier alpha value is -2.56. The number of likely N-dealkylation sites (N-methyl/N-ethyl adjacent to an activating group) is 2. The zero-order valence-electron chi connectivity index (χ0n) is 16.7. The first kappa shape index (κ1) is 18.8. The number of nitrogens with zero attached hydrogens (tertiary/aromatic N) is 5. The van der Waals surface area contributed by atoms with E-state index in [1.54, 1.807) is 6.26 Å². The average Bonchev–Trinajstić information content (AvgIpc) is 3.25. The van der Waals surface area contributed by atoms with Crippen LogP contribution in [0, 0.1) is 11.3 Å². The molecule has 2 aliphatic heterocycles. The van der Waals surface area contributed by atoms with Crippen LogP contribution < -0.4 is 10.2 Å². The van der Waals surface area contributed by atoms with Crippen LogP contribution in [0.3, 0.4) is 0 Å². The van der Waals surface area contributed by atoms with Gasteiger partial charge in [-0.1, -0.05) is 6.92 Å². The number of nitriles is 1. The van der Waals surface area contributed by atoms with Gasteiger partial charge < -0.3 is 19.5 Å². The zero-order valence-corrected chi connectivity index (χ0v) is 16.7. The van der Waals surface area contributed by atoms with Gasteiger partial charge in [0.05, 0.1) is 18.4 Å². The molecule has 0 aromatic carbocycles. The summed E-state index contributed by atoms with van der Waals surface area (Å²) in [5, 5.41) is 13.5. The molecule has 0 amide bonds. The van der Waals surface area contributed by atoms with E-state index < -0.39 is 0 Å². The minimum atomic E-state index is 0.590. The van der Waals surface area contributed by atoms with Crippen molar-refractivity contribution in [2.45, 2.75) is 26.4 Å². The summed E-state index contributed by atoms with van der Waals surface area (Å²) in [6.07, 6.45) is 2.58. The summed E-state index contributed by atoms with van der Waals surface area (Å²) in [6.45, 7) is 9.36. The number of nitrogens with one attached hydrogen (secondary N) is 1. The number of anilines is 2. The number of aromatic nitrogens is 1. The fraction of sp³-hybridized carbons (Fsp3) is 0.524. The number of pyridine rings is 1. The molecule has 7 nitrogen and oxygen atoms in total.